The Balaban J connectivity index is 1.87. The van der Waals surface area contributed by atoms with Crippen LogP contribution in [0.15, 0.2) is 30.6 Å². The van der Waals surface area contributed by atoms with Gasteiger partial charge in [-0.2, -0.15) is 0 Å². The fourth-order valence-corrected chi connectivity index (χ4v) is 4.64. The number of aromatic nitrogens is 1. The summed E-state index contributed by atoms with van der Waals surface area (Å²) in [6.07, 6.45) is 34.6. The standard InChI is InChI=1S/C29H54N/c1-3-5-7-8-9-10-11-12-13-14-15-16-17-18-19-20-22-26-29(25-6-4-2)30-27-23-21-24-28-30/h21,23-24,27-29H,3-20,22,25-26H2,1-2H3/q+1. The maximum atomic E-state index is 2.45. The number of hydrogen-bond donors (Lipinski definition) is 0. The average Bonchev–Trinajstić information content (AvgIpc) is 2.78. The molecular weight excluding hydrogens is 362 g/mol. The Morgan fingerprint density at radius 3 is 1.23 bits per heavy atom. The van der Waals surface area contributed by atoms with Crippen molar-refractivity contribution in [3.63, 3.8) is 0 Å². The van der Waals surface area contributed by atoms with E-state index in [0.717, 1.165) is 0 Å². The molecule has 0 saturated carbocycles. The molecule has 0 aliphatic heterocycles. The molecule has 174 valence electrons. The molecule has 1 aromatic rings. The van der Waals surface area contributed by atoms with E-state index < -0.39 is 0 Å². The average molecular weight is 417 g/mol. The van der Waals surface area contributed by atoms with Crippen molar-refractivity contribution in [2.45, 2.75) is 155 Å². The SMILES string of the molecule is CCCCCCCCCCCCCCCCCCCC(CCCC)[n+]1ccccc1. The van der Waals surface area contributed by atoms with Crippen LogP contribution in [0.1, 0.15) is 155 Å². The molecule has 0 radical (unpaired) electrons. The number of rotatable bonds is 22. The molecule has 1 heterocycles. The first-order valence-electron chi connectivity index (χ1n) is 13.8. The molecule has 0 aromatic carbocycles. The lowest BCUT2D eigenvalue weighted by Gasteiger charge is -2.12. The molecule has 1 heteroatoms. The van der Waals surface area contributed by atoms with Crippen LogP contribution in [0.5, 0.6) is 0 Å². The smallest absolute Gasteiger partial charge is 0.169 e. The van der Waals surface area contributed by atoms with Gasteiger partial charge in [-0.3, -0.25) is 0 Å². The number of hydrogen-bond acceptors (Lipinski definition) is 0. The highest BCUT2D eigenvalue weighted by Gasteiger charge is 2.16. The van der Waals surface area contributed by atoms with E-state index in [2.05, 4.69) is 49.0 Å². The van der Waals surface area contributed by atoms with Gasteiger partial charge in [0.1, 0.15) is 0 Å². The molecule has 1 nitrogen and oxygen atoms in total. The first-order valence-corrected chi connectivity index (χ1v) is 13.8. The largest absolute Gasteiger partial charge is 0.202 e. The maximum absolute atomic E-state index is 2.45. The molecular formula is C29H54N+. The van der Waals surface area contributed by atoms with Crippen LogP contribution in [-0.2, 0) is 0 Å². The van der Waals surface area contributed by atoms with Crippen molar-refractivity contribution in [1.82, 2.24) is 0 Å². The lowest BCUT2D eigenvalue weighted by atomic mass is 10.0. The van der Waals surface area contributed by atoms with Crippen LogP contribution in [0, 0.1) is 0 Å². The molecule has 0 fully saturated rings. The van der Waals surface area contributed by atoms with Gasteiger partial charge < -0.3 is 0 Å². The van der Waals surface area contributed by atoms with Crippen LogP contribution in [0.4, 0.5) is 0 Å². The number of unbranched alkanes of at least 4 members (excludes halogenated alkanes) is 17. The zero-order chi connectivity index (χ0) is 21.5. The highest BCUT2D eigenvalue weighted by molar-refractivity contribution is 4.84. The van der Waals surface area contributed by atoms with Gasteiger partial charge in [0.15, 0.2) is 18.4 Å². The molecule has 0 spiro atoms. The molecule has 1 aromatic heterocycles. The second kappa shape index (κ2) is 21.4. The summed E-state index contributed by atoms with van der Waals surface area (Å²) in [5, 5.41) is 0. The van der Waals surface area contributed by atoms with E-state index in [0.29, 0.717) is 6.04 Å². The van der Waals surface area contributed by atoms with E-state index in [1.54, 1.807) is 0 Å². The van der Waals surface area contributed by atoms with Crippen molar-refractivity contribution >= 4 is 0 Å². The summed E-state index contributed by atoms with van der Waals surface area (Å²) >= 11 is 0. The normalized spacial score (nSPS) is 12.3. The zero-order valence-corrected chi connectivity index (χ0v) is 20.8. The lowest BCUT2D eigenvalue weighted by Crippen LogP contribution is -2.38. The van der Waals surface area contributed by atoms with Gasteiger partial charge in [-0.1, -0.05) is 129 Å². The third-order valence-corrected chi connectivity index (χ3v) is 6.69. The highest BCUT2D eigenvalue weighted by Crippen LogP contribution is 2.18. The molecule has 0 saturated heterocycles. The molecule has 1 rings (SSSR count). The molecule has 0 amide bonds. The van der Waals surface area contributed by atoms with E-state index in [1.807, 2.05) is 0 Å². The number of pyridine rings is 1. The molecule has 0 N–H and O–H groups in total. The molecule has 30 heavy (non-hydrogen) atoms. The van der Waals surface area contributed by atoms with E-state index in [9.17, 15) is 0 Å². The predicted molar refractivity (Wildman–Crippen MR) is 134 cm³/mol. The Hall–Kier alpha value is -0.850. The maximum Gasteiger partial charge on any atom is 0.169 e. The van der Waals surface area contributed by atoms with Crippen molar-refractivity contribution in [1.29, 1.82) is 0 Å². The van der Waals surface area contributed by atoms with E-state index in [-0.39, 0.29) is 0 Å². The second-order valence-electron chi connectivity index (χ2n) is 9.56. The lowest BCUT2D eigenvalue weighted by molar-refractivity contribution is -0.724. The van der Waals surface area contributed by atoms with Crippen molar-refractivity contribution in [3.05, 3.63) is 30.6 Å². The van der Waals surface area contributed by atoms with Gasteiger partial charge in [-0.25, -0.2) is 4.57 Å². The minimum absolute atomic E-state index is 0.711. The molecule has 0 aliphatic rings. The summed E-state index contributed by atoms with van der Waals surface area (Å²) < 4.78 is 2.45. The van der Waals surface area contributed by atoms with Crippen LogP contribution < -0.4 is 4.57 Å². The van der Waals surface area contributed by atoms with Crippen molar-refractivity contribution in [2.24, 2.45) is 0 Å². The van der Waals surface area contributed by atoms with Crippen molar-refractivity contribution in [3.8, 4) is 0 Å². The van der Waals surface area contributed by atoms with Gasteiger partial charge in [0, 0.05) is 25.0 Å². The van der Waals surface area contributed by atoms with E-state index in [1.165, 1.54) is 135 Å². The minimum Gasteiger partial charge on any atom is -0.202 e. The molecule has 0 bridgehead atoms. The molecule has 0 aliphatic carbocycles. The Kier molecular flexibility index (Phi) is 19.4. The fraction of sp³-hybridized carbons (Fsp3) is 0.828. The monoisotopic (exact) mass is 416 g/mol. The molecule has 1 atom stereocenters. The minimum atomic E-state index is 0.711. The van der Waals surface area contributed by atoms with Crippen LogP contribution in [0.25, 0.3) is 0 Å². The van der Waals surface area contributed by atoms with Crippen molar-refractivity contribution < 1.29 is 4.57 Å². The summed E-state index contributed by atoms with van der Waals surface area (Å²) in [5.41, 5.74) is 0. The summed E-state index contributed by atoms with van der Waals surface area (Å²) in [7, 11) is 0. The van der Waals surface area contributed by atoms with Crippen LogP contribution >= 0.6 is 0 Å². The fourth-order valence-electron chi connectivity index (χ4n) is 4.64. The Morgan fingerprint density at radius 2 is 0.800 bits per heavy atom. The Bertz CT molecular complexity index is 441. The zero-order valence-electron chi connectivity index (χ0n) is 20.8. The predicted octanol–water partition coefficient (Wildman–Crippen LogP) is 9.75. The molecule has 1 unspecified atom stereocenters. The quantitative estimate of drug-likeness (QED) is 0.131. The van der Waals surface area contributed by atoms with Gasteiger partial charge in [0.05, 0.1) is 0 Å². The Morgan fingerprint density at radius 1 is 0.433 bits per heavy atom. The third-order valence-electron chi connectivity index (χ3n) is 6.69. The summed E-state index contributed by atoms with van der Waals surface area (Å²) in [4.78, 5) is 0. The van der Waals surface area contributed by atoms with Gasteiger partial charge in [0.25, 0.3) is 0 Å². The third kappa shape index (κ3) is 15.9. The topological polar surface area (TPSA) is 3.88 Å². The second-order valence-corrected chi connectivity index (χ2v) is 9.56. The van der Waals surface area contributed by atoms with Gasteiger partial charge >= 0.3 is 0 Å². The highest BCUT2D eigenvalue weighted by atomic mass is 15.0. The van der Waals surface area contributed by atoms with Gasteiger partial charge in [-0.05, 0) is 12.8 Å². The van der Waals surface area contributed by atoms with Crippen LogP contribution in [0.3, 0.4) is 0 Å². The number of nitrogens with zero attached hydrogens (tertiary/aromatic N) is 1. The van der Waals surface area contributed by atoms with Crippen LogP contribution in [0.2, 0.25) is 0 Å². The van der Waals surface area contributed by atoms with E-state index in [4.69, 9.17) is 0 Å². The van der Waals surface area contributed by atoms with Gasteiger partial charge in [-0.15, -0.1) is 0 Å². The van der Waals surface area contributed by atoms with E-state index >= 15 is 0 Å². The first kappa shape index (κ1) is 27.2. The summed E-state index contributed by atoms with van der Waals surface area (Å²) in [6.45, 7) is 4.61. The summed E-state index contributed by atoms with van der Waals surface area (Å²) in [6, 6.07) is 7.19. The van der Waals surface area contributed by atoms with Crippen molar-refractivity contribution in [2.75, 3.05) is 0 Å². The first-order chi connectivity index (χ1) is 14.9. The summed E-state index contributed by atoms with van der Waals surface area (Å²) in [5.74, 6) is 0. The Labute approximate surface area is 190 Å². The van der Waals surface area contributed by atoms with Gasteiger partial charge in [0.2, 0.25) is 0 Å². The van der Waals surface area contributed by atoms with Crippen LogP contribution in [-0.4, -0.2) is 0 Å².